The largest absolute Gasteiger partial charge is 0.313 e. The van der Waals surface area contributed by atoms with E-state index in [0.29, 0.717) is 11.5 Å². The van der Waals surface area contributed by atoms with Crippen LogP contribution < -0.4 is 5.32 Å². The predicted octanol–water partition coefficient (Wildman–Crippen LogP) is 1.84. The van der Waals surface area contributed by atoms with Gasteiger partial charge in [-0.3, -0.25) is 4.68 Å². The Balaban J connectivity index is 2.16. The summed E-state index contributed by atoms with van der Waals surface area (Å²) < 4.78 is 26.4. The Morgan fingerprint density at radius 2 is 2.24 bits per heavy atom. The van der Waals surface area contributed by atoms with E-state index in [1.54, 1.807) is 0 Å². The van der Waals surface area contributed by atoms with Crippen LogP contribution in [-0.4, -0.2) is 42.3 Å². The van der Waals surface area contributed by atoms with Gasteiger partial charge in [-0.25, -0.2) is 8.42 Å². The molecule has 1 N–H and O–H groups in total. The first-order valence-electron chi connectivity index (χ1n) is 7.46. The van der Waals surface area contributed by atoms with Gasteiger partial charge >= 0.3 is 0 Å². The molecule has 0 aromatic carbocycles. The maximum absolute atomic E-state index is 11.8. The molecule has 120 valence electrons. The summed E-state index contributed by atoms with van der Waals surface area (Å²) in [6.45, 7) is 5.01. The van der Waals surface area contributed by atoms with Gasteiger partial charge in [0.05, 0.1) is 27.4 Å². The summed E-state index contributed by atoms with van der Waals surface area (Å²) in [5.41, 5.74) is 2.10. The number of hydrogen-bond acceptors (Lipinski definition) is 4. The molecule has 1 aliphatic rings. The van der Waals surface area contributed by atoms with E-state index in [0.717, 1.165) is 41.7 Å². The fourth-order valence-electron chi connectivity index (χ4n) is 2.99. The molecule has 1 aliphatic heterocycles. The highest BCUT2D eigenvalue weighted by atomic mass is 79.9. The van der Waals surface area contributed by atoms with E-state index in [1.165, 1.54) is 0 Å². The van der Waals surface area contributed by atoms with Gasteiger partial charge in [-0.15, -0.1) is 0 Å². The number of aromatic nitrogens is 2. The molecule has 0 bridgehead atoms. The number of rotatable bonds is 6. The number of halogens is 1. The molecule has 7 heteroatoms. The van der Waals surface area contributed by atoms with Gasteiger partial charge < -0.3 is 5.32 Å². The molecule has 0 amide bonds. The van der Waals surface area contributed by atoms with Gasteiger partial charge in [0.2, 0.25) is 0 Å². The van der Waals surface area contributed by atoms with Crippen molar-refractivity contribution >= 4 is 25.8 Å². The van der Waals surface area contributed by atoms with Crippen LogP contribution in [-0.2, 0) is 23.3 Å². The molecule has 1 aromatic heterocycles. The van der Waals surface area contributed by atoms with Crippen molar-refractivity contribution in [1.29, 1.82) is 0 Å². The fourth-order valence-corrected chi connectivity index (χ4v) is 5.36. The van der Waals surface area contributed by atoms with E-state index in [9.17, 15) is 8.42 Å². The summed E-state index contributed by atoms with van der Waals surface area (Å²) >= 11 is 3.60. The molecular weight excluding hydrogens is 354 g/mol. The Labute approximate surface area is 135 Å². The van der Waals surface area contributed by atoms with E-state index in [1.807, 2.05) is 18.7 Å². The summed E-state index contributed by atoms with van der Waals surface area (Å²) in [4.78, 5) is 0. The standard InChI is InChI=1S/C14H24BrN3O2S/c1-4-6-16-12(11-5-7-21(19,20)9-11)8-13-14(15)10(2)17-18(13)3/h11-12,16H,4-9H2,1-3H3. The third-order valence-electron chi connectivity index (χ3n) is 4.17. The first-order valence-corrected chi connectivity index (χ1v) is 10.1. The number of aryl methyl sites for hydroxylation is 2. The second-order valence-corrected chi connectivity index (χ2v) is 8.92. The quantitative estimate of drug-likeness (QED) is 0.821. The van der Waals surface area contributed by atoms with Crippen molar-refractivity contribution in [3.05, 3.63) is 15.9 Å². The smallest absolute Gasteiger partial charge is 0.150 e. The SMILES string of the molecule is CCCNC(Cc1c(Br)c(C)nn1C)C1CCS(=O)(=O)C1. The molecule has 0 spiro atoms. The van der Waals surface area contributed by atoms with E-state index in [2.05, 4.69) is 33.3 Å². The van der Waals surface area contributed by atoms with Gasteiger partial charge in [-0.2, -0.15) is 5.10 Å². The number of sulfone groups is 1. The molecule has 0 radical (unpaired) electrons. The van der Waals surface area contributed by atoms with Gasteiger partial charge in [0.25, 0.3) is 0 Å². The van der Waals surface area contributed by atoms with Gasteiger partial charge in [-0.1, -0.05) is 6.92 Å². The minimum absolute atomic E-state index is 0.188. The molecule has 2 atom stereocenters. The maximum Gasteiger partial charge on any atom is 0.150 e. The van der Waals surface area contributed by atoms with Crippen LogP contribution in [0, 0.1) is 12.8 Å². The van der Waals surface area contributed by atoms with Crippen LogP contribution in [0.1, 0.15) is 31.2 Å². The van der Waals surface area contributed by atoms with Gasteiger partial charge in [0, 0.05) is 19.5 Å². The lowest BCUT2D eigenvalue weighted by Gasteiger charge is -2.24. The molecule has 1 fully saturated rings. The zero-order chi connectivity index (χ0) is 15.6. The lowest BCUT2D eigenvalue weighted by atomic mass is 9.94. The van der Waals surface area contributed by atoms with Crippen LogP contribution in [0.15, 0.2) is 4.47 Å². The molecule has 5 nitrogen and oxygen atoms in total. The Morgan fingerprint density at radius 1 is 1.52 bits per heavy atom. The molecular formula is C14H24BrN3O2S. The summed E-state index contributed by atoms with van der Waals surface area (Å²) in [6, 6.07) is 0.188. The lowest BCUT2D eigenvalue weighted by molar-refractivity contribution is 0.372. The summed E-state index contributed by atoms with van der Waals surface area (Å²) in [5, 5.41) is 7.96. The zero-order valence-corrected chi connectivity index (χ0v) is 15.3. The highest BCUT2D eigenvalue weighted by Crippen LogP contribution is 2.27. The molecule has 2 rings (SSSR count). The minimum atomic E-state index is -2.85. The van der Waals surface area contributed by atoms with Crippen LogP contribution in [0.3, 0.4) is 0 Å². The van der Waals surface area contributed by atoms with Crippen LogP contribution in [0.2, 0.25) is 0 Å². The van der Waals surface area contributed by atoms with Gasteiger partial charge in [-0.05, 0) is 48.2 Å². The third-order valence-corrected chi connectivity index (χ3v) is 6.99. The molecule has 21 heavy (non-hydrogen) atoms. The second-order valence-electron chi connectivity index (χ2n) is 5.90. The van der Waals surface area contributed by atoms with E-state index in [4.69, 9.17) is 0 Å². The number of nitrogens with zero attached hydrogens (tertiary/aromatic N) is 2. The zero-order valence-electron chi connectivity index (χ0n) is 12.9. The predicted molar refractivity (Wildman–Crippen MR) is 88.2 cm³/mol. The molecule has 2 unspecified atom stereocenters. The van der Waals surface area contributed by atoms with E-state index in [-0.39, 0.29) is 12.0 Å². The van der Waals surface area contributed by atoms with Crippen LogP contribution in [0.5, 0.6) is 0 Å². The molecule has 2 heterocycles. The van der Waals surface area contributed by atoms with Crippen LogP contribution in [0.25, 0.3) is 0 Å². The van der Waals surface area contributed by atoms with Crippen LogP contribution in [0.4, 0.5) is 0 Å². The number of hydrogen-bond donors (Lipinski definition) is 1. The number of nitrogens with one attached hydrogen (secondary N) is 1. The Kier molecular flexibility index (Phi) is 5.48. The summed E-state index contributed by atoms with van der Waals surface area (Å²) in [7, 11) is -0.907. The average Bonchev–Trinajstić information content (AvgIpc) is 2.88. The maximum atomic E-state index is 11.8. The van der Waals surface area contributed by atoms with Crippen molar-refractivity contribution in [2.45, 2.75) is 39.2 Å². The van der Waals surface area contributed by atoms with Gasteiger partial charge in [0.15, 0.2) is 9.84 Å². The monoisotopic (exact) mass is 377 g/mol. The molecule has 1 saturated heterocycles. The highest BCUT2D eigenvalue weighted by Gasteiger charge is 2.34. The Bertz CT molecular complexity index is 598. The van der Waals surface area contributed by atoms with E-state index < -0.39 is 9.84 Å². The van der Waals surface area contributed by atoms with Crippen molar-refractivity contribution in [3.8, 4) is 0 Å². The molecule has 1 aromatic rings. The first-order chi connectivity index (χ1) is 9.84. The first kappa shape index (κ1) is 17.0. The van der Waals surface area contributed by atoms with E-state index >= 15 is 0 Å². The third kappa shape index (κ3) is 4.07. The molecule has 0 saturated carbocycles. The van der Waals surface area contributed by atoms with Crippen molar-refractivity contribution in [3.63, 3.8) is 0 Å². The minimum Gasteiger partial charge on any atom is -0.313 e. The van der Waals surface area contributed by atoms with Crippen molar-refractivity contribution in [2.24, 2.45) is 13.0 Å². The second kappa shape index (κ2) is 6.79. The van der Waals surface area contributed by atoms with Crippen LogP contribution >= 0.6 is 15.9 Å². The van der Waals surface area contributed by atoms with Crippen molar-refractivity contribution in [1.82, 2.24) is 15.1 Å². The normalized spacial score (nSPS) is 22.6. The van der Waals surface area contributed by atoms with Gasteiger partial charge in [0.1, 0.15) is 0 Å². The molecule has 0 aliphatic carbocycles. The Morgan fingerprint density at radius 3 is 2.71 bits per heavy atom. The fraction of sp³-hybridized carbons (Fsp3) is 0.786. The summed E-state index contributed by atoms with van der Waals surface area (Å²) in [5.74, 6) is 0.833. The lowest BCUT2D eigenvalue weighted by Crippen LogP contribution is -2.39. The van der Waals surface area contributed by atoms with Crippen molar-refractivity contribution < 1.29 is 8.42 Å². The Hall–Kier alpha value is -0.400. The van der Waals surface area contributed by atoms with Crippen molar-refractivity contribution in [2.75, 3.05) is 18.1 Å². The summed E-state index contributed by atoms with van der Waals surface area (Å²) in [6.07, 6.45) is 2.61. The highest BCUT2D eigenvalue weighted by molar-refractivity contribution is 9.10. The average molecular weight is 378 g/mol. The topological polar surface area (TPSA) is 64.0 Å².